The molecule has 0 unspecified atom stereocenters. The highest BCUT2D eigenvalue weighted by atomic mass is 15.1. The summed E-state index contributed by atoms with van der Waals surface area (Å²) in [4.78, 5) is 6.41. The molecule has 98 valence electrons. The summed E-state index contributed by atoms with van der Waals surface area (Å²) in [7, 11) is 2.18. The fourth-order valence-corrected chi connectivity index (χ4v) is 1.64. The van der Waals surface area contributed by atoms with Crippen molar-refractivity contribution in [2.75, 3.05) is 26.7 Å². The van der Waals surface area contributed by atoms with E-state index in [-0.39, 0.29) is 0 Å². The zero-order chi connectivity index (χ0) is 12.5. The van der Waals surface area contributed by atoms with E-state index in [1.54, 1.807) is 0 Å². The van der Waals surface area contributed by atoms with E-state index in [9.17, 15) is 0 Å². The number of rotatable bonds is 9. The van der Waals surface area contributed by atoms with Gasteiger partial charge in [-0.2, -0.15) is 0 Å². The molecule has 0 aliphatic carbocycles. The van der Waals surface area contributed by atoms with Crippen molar-refractivity contribution < 1.29 is 0 Å². The highest BCUT2D eigenvalue weighted by Gasteiger charge is 2.01. The summed E-state index contributed by atoms with van der Waals surface area (Å²) in [6.45, 7) is 8.90. The van der Waals surface area contributed by atoms with Crippen molar-refractivity contribution in [3.8, 4) is 0 Å². The molecular formula is C13H26N4. The first-order valence-electron chi connectivity index (χ1n) is 6.57. The van der Waals surface area contributed by atoms with E-state index < -0.39 is 0 Å². The van der Waals surface area contributed by atoms with Crippen molar-refractivity contribution >= 4 is 0 Å². The lowest BCUT2D eigenvalue weighted by Gasteiger charge is -2.20. The lowest BCUT2D eigenvalue weighted by molar-refractivity contribution is 0.269. The zero-order valence-corrected chi connectivity index (χ0v) is 11.4. The van der Waals surface area contributed by atoms with Crippen LogP contribution in [0, 0.1) is 0 Å². The van der Waals surface area contributed by atoms with Crippen LogP contribution in [0.15, 0.2) is 18.7 Å². The van der Waals surface area contributed by atoms with Gasteiger partial charge < -0.3 is 14.8 Å². The number of nitrogens with one attached hydrogen (secondary N) is 1. The molecule has 1 N–H and O–H groups in total. The first kappa shape index (κ1) is 14.2. The number of hydrogen-bond donors (Lipinski definition) is 1. The third-order valence-corrected chi connectivity index (χ3v) is 3.07. The number of imidazole rings is 1. The van der Waals surface area contributed by atoms with Crippen LogP contribution in [0.3, 0.4) is 0 Å². The molecular weight excluding hydrogens is 212 g/mol. The fourth-order valence-electron chi connectivity index (χ4n) is 1.64. The molecule has 4 nitrogen and oxygen atoms in total. The number of aromatic nitrogens is 2. The zero-order valence-electron chi connectivity index (χ0n) is 11.4. The number of hydrogen-bond acceptors (Lipinski definition) is 3. The monoisotopic (exact) mass is 238 g/mol. The Kier molecular flexibility index (Phi) is 6.89. The Morgan fingerprint density at radius 1 is 1.29 bits per heavy atom. The predicted molar refractivity (Wildman–Crippen MR) is 72.1 cm³/mol. The first-order chi connectivity index (χ1) is 8.20. The van der Waals surface area contributed by atoms with Crippen LogP contribution in [-0.2, 0) is 6.54 Å². The Bertz CT molecular complexity index is 269. The van der Waals surface area contributed by atoms with Crippen LogP contribution in [0.25, 0.3) is 0 Å². The SMILES string of the molecule is CC(C)N(C)CCCNCCCn1ccnc1. The average molecular weight is 238 g/mol. The van der Waals surface area contributed by atoms with Crippen molar-refractivity contribution in [2.24, 2.45) is 0 Å². The molecule has 4 heteroatoms. The molecule has 0 fully saturated rings. The average Bonchev–Trinajstić information content (AvgIpc) is 2.80. The second-order valence-corrected chi connectivity index (χ2v) is 4.83. The Hall–Kier alpha value is -0.870. The van der Waals surface area contributed by atoms with Gasteiger partial charge in [0.25, 0.3) is 0 Å². The fraction of sp³-hybridized carbons (Fsp3) is 0.769. The molecule has 1 aromatic heterocycles. The highest BCUT2D eigenvalue weighted by molar-refractivity contribution is 4.73. The smallest absolute Gasteiger partial charge is 0.0945 e. The first-order valence-corrected chi connectivity index (χ1v) is 6.57. The van der Waals surface area contributed by atoms with E-state index in [1.165, 1.54) is 13.0 Å². The van der Waals surface area contributed by atoms with Gasteiger partial charge in [0.2, 0.25) is 0 Å². The molecule has 1 aromatic rings. The van der Waals surface area contributed by atoms with Crippen LogP contribution in [0.1, 0.15) is 26.7 Å². The van der Waals surface area contributed by atoms with Crippen molar-refractivity contribution in [3.05, 3.63) is 18.7 Å². The topological polar surface area (TPSA) is 33.1 Å². The quantitative estimate of drug-likeness (QED) is 0.663. The van der Waals surface area contributed by atoms with E-state index >= 15 is 0 Å². The van der Waals surface area contributed by atoms with Crippen LogP contribution < -0.4 is 5.32 Å². The Balaban J connectivity index is 1.88. The van der Waals surface area contributed by atoms with Crippen LogP contribution in [0.4, 0.5) is 0 Å². The molecule has 1 rings (SSSR count). The lowest BCUT2D eigenvalue weighted by Crippen LogP contribution is -2.29. The molecule has 0 amide bonds. The Labute approximate surface area is 105 Å². The van der Waals surface area contributed by atoms with E-state index in [2.05, 4.69) is 40.7 Å². The molecule has 0 aliphatic rings. The maximum absolute atomic E-state index is 4.02. The van der Waals surface area contributed by atoms with Gasteiger partial charge in [-0.3, -0.25) is 0 Å². The van der Waals surface area contributed by atoms with Gasteiger partial charge in [-0.1, -0.05) is 0 Å². The van der Waals surface area contributed by atoms with Crippen LogP contribution in [0.5, 0.6) is 0 Å². The van der Waals surface area contributed by atoms with Crippen LogP contribution in [0.2, 0.25) is 0 Å². The maximum Gasteiger partial charge on any atom is 0.0945 e. The summed E-state index contributed by atoms with van der Waals surface area (Å²) in [6.07, 6.45) is 8.10. The van der Waals surface area contributed by atoms with Gasteiger partial charge in [0, 0.05) is 25.0 Å². The van der Waals surface area contributed by atoms with Crippen LogP contribution in [-0.4, -0.2) is 47.2 Å². The molecule has 17 heavy (non-hydrogen) atoms. The molecule has 0 aromatic carbocycles. The largest absolute Gasteiger partial charge is 0.337 e. The predicted octanol–water partition coefficient (Wildman–Crippen LogP) is 1.59. The van der Waals surface area contributed by atoms with Gasteiger partial charge in [0.05, 0.1) is 6.33 Å². The molecule has 0 spiro atoms. The van der Waals surface area contributed by atoms with Gasteiger partial charge in [-0.15, -0.1) is 0 Å². The van der Waals surface area contributed by atoms with E-state index in [0.29, 0.717) is 6.04 Å². The van der Waals surface area contributed by atoms with E-state index in [4.69, 9.17) is 0 Å². The molecule has 0 radical (unpaired) electrons. The third-order valence-electron chi connectivity index (χ3n) is 3.07. The van der Waals surface area contributed by atoms with Crippen molar-refractivity contribution in [1.29, 1.82) is 0 Å². The van der Waals surface area contributed by atoms with E-state index in [1.807, 2.05) is 18.7 Å². The Morgan fingerprint density at radius 3 is 2.71 bits per heavy atom. The molecule has 1 heterocycles. The van der Waals surface area contributed by atoms with Gasteiger partial charge in [-0.05, 0) is 53.4 Å². The minimum absolute atomic E-state index is 0.649. The highest BCUT2D eigenvalue weighted by Crippen LogP contribution is 1.94. The molecule has 0 saturated heterocycles. The summed E-state index contributed by atoms with van der Waals surface area (Å²) >= 11 is 0. The van der Waals surface area contributed by atoms with Crippen molar-refractivity contribution in [1.82, 2.24) is 19.8 Å². The van der Waals surface area contributed by atoms with Crippen molar-refractivity contribution in [2.45, 2.75) is 39.3 Å². The Morgan fingerprint density at radius 2 is 2.06 bits per heavy atom. The van der Waals surface area contributed by atoms with Gasteiger partial charge in [0.1, 0.15) is 0 Å². The van der Waals surface area contributed by atoms with Crippen molar-refractivity contribution in [3.63, 3.8) is 0 Å². The second kappa shape index (κ2) is 8.25. The normalized spacial score (nSPS) is 11.6. The van der Waals surface area contributed by atoms with E-state index in [0.717, 1.165) is 26.1 Å². The second-order valence-electron chi connectivity index (χ2n) is 4.83. The summed E-state index contributed by atoms with van der Waals surface area (Å²) in [6, 6.07) is 0.649. The summed E-state index contributed by atoms with van der Waals surface area (Å²) in [5.74, 6) is 0. The molecule has 0 aliphatic heterocycles. The summed E-state index contributed by atoms with van der Waals surface area (Å²) in [5, 5.41) is 3.48. The number of aryl methyl sites for hydroxylation is 1. The van der Waals surface area contributed by atoms with Gasteiger partial charge >= 0.3 is 0 Å². The standard InChI is InChI=1S/C13H26N4/c1-13(2)16(3)9-4-6-14-7-5-10-17-11-8-15-12-17/h8,11-14H,4-7,9-10H2,1-3H3. The van der Waals surface area contributed by atoms with Gasteiger partial charge in [-0.25, -0.2) is 4.98 Å². The minimum atomic E-state index is 0.649. The lowest BCUT2D eigenvalue weighted by atomic mass is 10.3. The molecule has 0 bridgehead atoms. The third kappa shape index (κ3) is 6.44. The molecule has 0 saturated carbocycles. The minimum Gasteiger partial charge on any atom is -0.337 e. The van der Waals surface area contributed by atoms with Gasteiger partial charge in [0.15, 0.2) is 0 Å². The number of nitrogens with zero attached hydrogens (tertiary/aromatic N) is 3. The maximum atomic E-state index is 4.02. The molecule has 0 atom stereocenters. The summed E-state index contributed by atoms with van der Waals surface area (Å²) < 4.78 is 2.12. The summed E-state index contributed by atoms with van der Waals surface area (Å²) in [5.41, 5.74) is 0. The van der Waals surface area contributed by atoms with Crippen LogP contribution >= 0.6 is 0 Å².